The average molecular weight is 543 g/mol. The first-order valence-corrected chi connectivity index (χ1v) is 13.8. The van der Waals surface area contributed by atoms with Crippen molar-refractivity contribution < 1.29 is 24.4 Å². The number of hydrogen-bond acceptors (Lipinski definition) is 9. The van der Waals surface area contributed by atoms with Gasteiger partial charge in [0, 0.05) is 29.8 Å². The number of amides is 1. The molecule has 0 bridgehead atoms. The number of aliphatic hydroxyl groups excluding tert-OH is 1. The Hall–Kier alpha value is -3.22. The SMILES string of the molecule is CCCSc1ncn2cc(C3=C(C(=O)OCc4ccc([N+](=O)[O-])cc4)N4C(=O)[C@H]([C@@H](C)O)[C@H]4[C@H]3C)sc12. The standard InChI is InChI=1S/C25H26N4O6S2/c1-4-9-36-22-24-27(12-26-22)10-17(37-24)18-13(2)20-19(14(3)30)23(31)28(20)21(18)25(32)35-11-15-5-7-16(8-6-15)29(33)34/h5-8,10,12-14,19-20,30H,4,9,11H2,1-3H3/t13-,14+,19+,20+/m0/s1. The molecule has 10 nitrogen and oxygen atoms in total. The summed E-state index contributed by atoms with van der Waals surface area (Å²) in [5, 5.41) is 22.1. The third-order valence-corrected chi connectivity index (χ3v) is 9.23. The number of imidazole rings is 1. The van der Waals surface area contributed by atoms with Crippen LogP contribution in [0.2, 0.25) is 0 Å². The van der Waals surface area contributed by atoms with Crippen molar-refractivity contribution in [3.8, 4) is 0 Å². The van der Waals surface area contributed by atoms with Crippen molar-refractivity contribution in [2.75, 3.05) is 5.75 Å². The molecule has 4 atom stereocenters. The van der Waals surface area contributed by atoms with Crippen LogP contribution in [0.1, 0.15) is 37.6 Å². The molecule has 0 spiro atoms. The number of carbonyl (C=O) groups is 2. The highest BCUT2D eigenvalue weighted by molar-refractivity contribution is 7.99. The molecule has 1 N–H and O–H groups in total. The number of nitrogens with zero attached hydrogens (tertiary/aromatic N) is 4. The Morgan fingerprint density at radius 3 is 2.73 bits per heavy atom. The number of ether oxygens (including phenoxy) is 1. The molecule has 0 radical (unpaired) electrons. The van der Waals surface area contributed by atoms with Crippen LogP contribution in [0, 0.1) is 22.0 Å². The second-order valence-electron chi connectivity index (χ2n) is 9.22. The third kappa shape index (κ3) is 4.32. The fourth-order valence-electron chi connectivity index (χ4n) is 5.01. The number of β-lactam (4-membered cyclic amide) rings is 1. The lowest BCUT2D eigenvalue weighted by atomic mass is 9.77. The molecular formula is C25H26N4O6S2. The van der Waals surface area contributed by atoms with Crippen LogP contribution >= 0.6 is 23.1 Å². The Morgan fingerprint density at radius 1 is 1.35 bits per heavy atom. The summed E-state index contributed by atoms with van der Waals surface area (Å²) in [5.74, 6) is -0.778. The Labute approximate surface area is 221 Å². The zero-order valence-electron chi connectivity index (χ0n) is 20.5. The summed E-state index contributed by atoms with van der Waals surface area (Å²) in [6, 6.07) is 5.43. The van der Waals surface area contributed by atoms with Crippen LogP contribution in [0.4, 0.5) is 5.69 Å². The van der Waals surface area contributed by atoms with Crippen molar-refractivity contribution in [2.45, 2.75) is 51.0 Å². The van der Waals surface area contributed by atoms with Gasteiger partial charge in [-0.25, -0.2) is 9.78 Å². The summed E-state index contributed by atoms with van der Waals surface area (Å²) in [5.41, 5.74) is 1.45. The minimum Gasteiger partial charge on any atom is -0.456 e. The monoisotopic (exact) mass is 542 g/mol. The molecule has 3 aromatic rings. The van der Waals surface area contributed by atoms with Gasteiger partial charge in [-0.1, -0.05) is 13.8 Å². The van der Waals surface area contributed by atoms with Gasteiger partial charge in [0.1, 0.15) is 28.5 Å². The van der Waals surface area contributed by atoms with E-state index in [1.807, 2.05) is 17.5 Å². The highest BCUT2D eigenvalue weighted by atomic mass is 32.2. The van der Waals surface area contributed by atoms with E-state index in [0.29, 0.717) is 5.56 Å². The van der Waals surface area contributed by atoms with E-state index in [2.05, 4.69) is 11.9 Å². The van der Waals surface area contributed by atoms with Gasteiger partial charge in [0.05, 0.1) is 27.9 Å². The zero-order valence-corrected chi connectivity index (χ0v) is 22.1. The first-order chi connectivity index (χ1) is 17.7. The van der Waals surface area contributed by atoms with Gasteiger partial charge in [0.25, 0.3) is 5.69 Å². The number of nitro benzene ring substituents is 1. The van der Waals surface area contributed by atoms with Crippen LogP contribution in [0.3, 0.4) is 0 Å². The van der Waals surface area contributed by atoms with Crippen LogP contribution in [-0.2, 0) is 20.9 Å². The molecule has 12 heteroatoms. The van der Waals surface area contributed by atoms with Gasteiger partial charge in [-0.05, 0) is 36.8 Å². The quantitative estimate of drug-likeness (QED) is 0.141. The highest BCUT2D eigenvalue weighted by Gasteiger charge is 2.60. The summed E-state index contributed by atoms with van der Waals surface area (Å²) in [6.45, 7) is 5.57. The van der Waals surface area contributed by atoms with Crippen LogP contribution in [0.15, 0.2) is 47.5 Å². The molecule has 1 aromatic carbocycles. The summed E-state index contributed by atoms with van der Waals surface area (Å²) >= 11 is 3.19. The van der Waals surface area contributed by atoms with E-state index in [0.717, 1.165) is 32.5 Å². The maximum atomic E-state index is 13.4. The third-order valence-electron chi connectivity index (χ3n) is 6.77. The van der Waals surface area contributed by atoms with E-state index in [1.165, 1.54) is 40.5 Å². The first kappa shape index (κ1) is 25.4. The van der Waals surface area contributed by atoms with Crippen molar-refractivity contribution in [1.29, 1.82) is 0 Å². The van der Waals surface area contributed by atoms with E-state index in [4.69, 9.17) is 4.74 Å². The number of esters is 1. The van der Waals surface area contributed by atoms with Gasteiger partial charge in [-0.3, -0.25) is 19.3 Å². The molecular weight excluding hydrogens is 516 g/mol. The second kappa shape index (κ2) is 9.92. The second-order valence-corrected chi connectivity index (χ2v) is 11.3. The lowest BCUT2D eigenvalue weighted by Gasteiger charge is -2.46. The van der Waals surface area contributed by atoms with Crippen LogP contribution in [0.25, 0.3) is 10.4 Å². The predicted octanol–water partition coefficient (Wildman–Crippen LogP) is 4.12. The summed E-state index contributed by atoms with van der Waals surface area (Å²) < 4.78 is 7.53. The van der Waals surface area contributed by atoms with E-state index < -0.39 is 22.9 Å². The number of carbonyl (C=O) groups excluding carboxylic acids is 2. The number of nitro groups is 1. The zero-order chi connectivity index (χ0) is 26.4. The number of aromatic nitrogens is 2. The topological polar surface area (TPSA) is 127 Å². The van der Waals surface area contributed by atoms with Gasteiger partial charge in [0.2, 0.25) is 5.91 Å². The molecule has 0 aliphatic carbocycles. The molecule has 2 aliphatic heterocycles. The van der Waals surface area contributed by atoms with E-state index in [-0.39, 0.29) is 35.9 Å². The Bertz CT molecular complexity index is 1410. The Kier molecular flexibility index (Phi) is 6.82. The Morgan fingerprint density at radius 2 is 2.08 bits per heavy atom. The van der Waals surface area contributed by atoms with Gasteiger partial charge in [-0.2, -0.15) is 0 Å². The maximum absolute atomic E-state index is 13.4. The van der Waals surface area contributed by atoms with Crippen LogP contribution in [-0.4, -0.2) is 54.1 Å². The molecule has 1 saturated heterocycles. The van der Waals surface area contributed by atoms with Gasteiger partial charge < -0.3 is 14.7 Å². The van der Waals surface area contributed by atoms with Crippen molar-refractivity contribution >= 4 is 51.1 Å². The number of thiazole rings is 1. The number of hydrogen-bond donors (Lipinski definition) is 1. The summed E-state index contributed by atoms with van der Waals surface area (Å²) in [7, 11) is 0. The molecule has 0 unspecified atom stereocenters. The molecule has 5 rings (SSSR count). The van der Waals surface area contributed by atoms with E-state index in [9.17, 15) is 24.8 Å². The van der Waals surface area contributed by atoms with E-state index in [1.54, 1.807) is 25.0 Å². The maximum Gasteiger partial charge on any atom is 0.355 e. The summed E-state index contributed by atoms with van der Waals surface area (Å²) in [6.07, 6.45) is 3.85. The molecule has 37 heavy (non-hydrogen) atoms. The molecule has 0 saturated carbocycles. The van der Waals surface area contributed by atoms with Crippen molar-refractivity contribution in [3.05, 3.63) is 63.0 Å². The smallest absolute Gasteiger partial charge is 0.355 e. The fraction of sp³-hybridized carbons (Fsp3) is 0.400. The molecule has 1 fully saturated rings. The number of benzene rings is 1. The molecule has 4 heterocycles. The number of aliphatic hydroxyl groups is 1. The Balaban J connectivity index is 1.48. The molecule has 2 aliphatic rings. The predicted molar refractivity (Wildman–Crippen MR) is 139 cm³/mol. The fourth-order valence-corrected chi connectivity index (χ4v) is 7.18. The van der Waals surface area contributed by atoms with Crippen molar-refractivity contribution in [1.82, 2.24) is 14.3 Å². The van der Waals surface area contributed by atoms with Crippen molar-refractivity contribution in [2.24, 2.45) is 11.8 Å². The first-order valence-electron chi connectivity index (χ1n) is 12.0. The number of thioether (sulfide) groups is 1. The van der Waals surface area contributed by atoms with Crippen molar-refractivity contribution in [3.63, 3.8) is 0 Å². The normalized spacial score (nSPS) is 21.8. The van der Waals surface area contributed by atoms with Gasteiger partial charge in [0.15, 0.2) is 0 Å². The molecule has 1 amide bonds. The average Bonchev–Trinajstić information content (AvgIpc) is 3.51. The largest absolute Gasteiger partial charge is 0.456 e. The lowest BCUT2D eigenvalue weighted by molar-refractivity contribution is -0.384. The number of fused-ring (bicyclic) bond motifs is 2. The minimum atomic E-state index is -0.840. The minimum absolute atomic E-state index is 0.0528. The van der Waals surface area contributed by atoms with E-state index >= 15 is 0 Å². The lowest BCUT2D eigenvalue weighted by Crippen LogP contribution is -2.63. The van der Waals surface area contributed by atoms with Crippen LogP contribution < -0.4 is 0 Å². The van der Waals surface area contributed by atoms with Gasteiger partial charge >= 0.3 is 5.97 Å². The number of non-ortho nitro benzene ring substituents is 1. The molecule has 2 aromatic heterocycles. The summed E-state index contributed by atoms with van der Waals surface area (Å²) in [4.78, 5) is 44.7. The van der Waals surface area contributed by atoms with Gasteiger partial charge in [-0.15, -0.1) is 23.1 Å². The van der Waals surface area contributed by atoms with Crippen LogP contribution in [0.5, 0.6) is 0 Å². The molecule has 194 valence electrons. The highest BCUT2D eigenvalue weighted by Crippen LogP contribution is 2.52. The number of rotatable bonds is 9.